The lowest BCUT2D eigenvalue weighted by Crippen LogP contribution is -2.63. The SMILES string of the molecule is CC(C(=O)Nc1cnc(Oc2ccc(F)cc2F)cn1)N1CCN(C(=O)c2cnc(N)c(O)c2)C(C)(C)C1. The van der Waals surface area contributed by atoms with Crippen molar-refractivity contribution in [3.05, 3.63) is 60.1 Å². The van der Waals surface area contributed by atoms with Crippen LogP contribution in [0.5, 0.6) is 17.4 Å². The summed E-state index contributed by atoms with van der Waals surface area (Å²) in [5.74, 6) is -2.65. The van der Waals surface area contributed by atoms with Crippen LogP contribution < -0.4 is 15.8 Å². The quantitative estimate of drug-likeness (QED) is 0.440. The Balaban J connectivity index is 1.36. The third-order valence-electron chi connectivity index (χ3n) is 6.24. The van der Waals surface area contributed by atoms with E-state index in [1.165, 1.54) is 24.7 Å². The van der Waals surface area contributed by atoms with E-state index >= 15 is 0 Å². The van der Waals surface area contributed by atoms with Gasteiger partial charge in [-0.1, -0.05) is 0 Å². The number of amides is 2. The van der Waals surface area contributed by atoms with Crippen molar-refractivity contribution in [2.75, 3.05) is 30.7 Å². The fraction of sp³-hybridized carbons (Fsp3) is 0.320. The van der Waals surface area contributed by atoms with Crippen LogP contribution in [0.2, 0.25) is 0 Å². The number of rotatable bonds is 6. The van der Waals surface area contributed by atoms with Crippen molar-refractivity contribution in [1.82, 2.24) is 24.8 Å². The van der Waals surface area contributed by atoms with Gasteiger partial charge in [-0.05, 0) is 39.0 Å². The number of nitrogens with two attached hydrogens (primary N) is 1. The molecule has 200 valence electrons. The fourth-order valence-corrected chi connectivity index (χ4v) is 4.14. The summed E-state index contributed by atoms with van der Waals surface area (Å²) in [7, 11) is 0. The van der Waals surface area contributed by atoms with Gasteiger partial charge in [0.05, 0.1) is 29.5 Å². The van der Waals surface area contributed by atoms with Crippen LogP contribution in [0.4, 0.5) is 20.4 Å². The Morgan fingerprint density at radius 3 is 2.53 bits per heavy atom. The summed E-state index contributed by atoms with van der Waals surface area (Å²) in [6.45, 7) is 6.71. The minimum atomic E-state index is -0.883. The molecular formula is C25H27F2N7O4. The minimum Gasteiger partial charge on any atom is -0.504 e. The summed E-state index contributed by atoms with van der Waals surface area (Å²) in [5, 5.41) is 12.5. The molecule has 13 heteroatoms. The van der Waals surface area contributed by atoms with E-state index in [-0.39, 0.29) is 46.4 Å². The Kier molecular flexibility index (Phi) is 7.39. The van der Waals surface area contributed by atoms with Crippen LogP contribution in [-0.2, 0) is 4.79 Å². The van der Waals surface area contributed by atoms with Crippen molar-refractivity contribution in [1.29, 1.82) is 0 Å². The van der Waals surface area contributed by atoms with E-state index in [1.54, 1.807) is 11.8 Å². The third-order valence-corrected chi connectivity index (χ3v) is 6.24. The number of nitrogen functional groups attached to an aromatic ring is 1. The maximum atomic E-state index is 13.8. The second-order valence-corrected chi connectivity index (χ2v) is 9.45. The van der Waals surface area contributed by atoms with Gasteiger partial charge in [0.25, 0.3) is 5.91 Å². The molecular weight excluding hydrogens is 500 g/mol. The number of benzene rings is 1. The monoisotopic (exact) mass is 527 g/mol. The van der Waals surface area contributed by atoms with E-state index < -0.39 is 23.2 Å². The average molecular weight is 528 g/mol. The van der Waals surface area contributed by atoms with Gasteiger partial charge in [0.2, 0.25) is 11.8 Å². The van der Waals surface area contributed by atoms with Crippen LogP contribution in [0, 0.1) is 11.6 Å². The van der Waals surface area contributed by atoms with Crippen molar-refractivity contribution in [3.63, 3.8) is 0 Å². The van der Waals surface area contributed by atoms with E-state index in [9.17, 15) is 23.5 Å². The molecule has 1 atom stereocenters. The molecule has 1 saturated heterocycles. The maximum Gasteiger partial charge on any atom is 0.256 e. The largest absolute Gasteiger partial charge is 0.504 e. The highest BCUT2D eigenvalue weighted by atomic mass is 19.1. The summed E-state index contributed by atoms with van der Waals surface area (Å²) < 4.78 is 32.1. The highest BCUT2D eigenvalue weighted by Crippen LogP contribution is 2.27. The molecule has 3 heterocycles. The number of anilines is 2. The lowest BCUT2D eigenvalue weighted by atomic mass is 9.96. The lowest BCUT2D eigenvalue weighted by molar-refractivity contribution is -0.122. The van der Waals surface area contributed by atoms with Crippen LogP contribution in [0.1, 0.15) is 31.1 Å². The molecule has 0 bridgehead atoms. The summed E-state index contributed by atoms with van der Waals surface area (Å²) >= 11 is 0. The molecule has 3 aromatic rings. The van der Waals surface area contributed by atoms with E-state index in [0.29, 0.717) is 25.7 Å². The van der Waals surface area contributed by atoms with Gasteiger partial charge in [-0.3, -0.25) is 14.5 Å². The van der Waals surface area contributed by atoms with Crippen LogP contribution in [0.25, 0.3) is 0 Å². The first kappa shape index (κ1) is 26.7. The van der Waals surface area contributed by atoms with Gasteiger partial charge < -0.3 is 25.8 Å². The molecule has 2 aromatic heterocycles. The first-order valence-electron chi connectivity index (χ1n) is 11.7. The number of aromatic hydroxyl groups is 1. The van der Waals surface area contributed by atoms with Crippen molar-refractivity contribution in [2.45, 2.75) is 32.4 Å². The first-order valence-corrected chi connectivity index (χ1v) is 11.7. The van der Waals surface area contributed by atoms with Gasteiger partial charge in [-0.2, -0.15) is 0 Å². The standard InChI is InChI=1S/C25H27F2N7O4/c1-14(23(36)32-20-11-30-21(12-29-20)38-19-5-4-16(26)9-17(19)27)33-6-7-34(25(2,3)13-33)24(37)15-8-18(35)22(28)31-10-15/h4-5,8-12,14,35H,6-7,13H2,1-3H3,(H2,28,31)(H,29,32,36). The minimum absolute atomic E-state index is 0.0336. The van der Waals surface area contributed by atoms with Gasteiger partial charge in [0, 0.05) is 31.9 Å². The lowest BCUT2D eigenvalue weighted by Gasteiger charge is -2.48. The number of hydrogen-bond acceptors (Lipinski definition) is 9. The van der Waals surface area contributed by atoms with Crippen molar-refractivity contribution < 1.29 is 28.2 Å². The predicted octanol–water partition coefficient (Wildman–Crippen LogP) is 2.79. The molecule has 0 spiro atoms. The van der Waals surface area contributed by atoms with Crippen molar-refractivity contribution in [3.8, 4) is 17.4 Å². The highest BCUT2D eigenvalue weighted by molar-refractivity contribution is 5.95. The summed E-state index contributed by atoms with van der Waals surface area (Å²) in [6, 6.07) is 3.61. The second-order valence-electron chi connectivity index (χ2n) is 9.45. The number of nitrogens with zero attached hydrogens (tertiary/aromatic N) is 5. The van der Waals surface area contributed by atoms with Gasteiger partial charge in [-0.15, -0.1) is 0 Å². The zero-order valence-corrected chi connectivity index (χ0v) is 21.0. The normalized spacial score (nSPS) is 16.1. The average Bonchev–Trinajstić information content (AvgIpc) is 2.87. The van der Waals surface area contributed by atoms with E-state index in [0.717, 1.165) is 12.1 Å². The molecule has 0 saturated carbocycles. The number of hydrogen-bond donors (Lipinski definition) is 3. The molecule has 1 fully saturated rings. The topological polar surface area (TPSA) is 147 Å². The molecule has 38 heavy (non-hydrogen) atoms. The summed E-state index contributed by atoms with van der Waals surface area (Å²) in [5.41, 5.74) is 5.12. The number of pyridine rings is 1. The van der Waals surface area contributed by atoms with Crippen molar-refractivity contribution in [2.24, 2.45) is 0 Å². The summed E-state index contributed by atoms with van der Waals surface area (Å²) in [4.78, 5) is 41.6. The Labute approximate surface area is 217 Å². The zero-order chi connectivity index (χ0) is 27.6. The Bertz CT molecular complexity index is 1350. The molecule has 4 N–H and O–H groups in total. The molecule has 0 radical (unpaired) electrons. The molecule has 4 rings (SSSR count). The Morgan fingerprint density at radius 1 is 1.13 bits per heavy atom. The van der Waals surface area contributed by atoms with E-state index in [2.05, 4.69) is 20.3 Å². The number of carbonyl (C=O) groups is 2. The number of halogens is 2. The molecule has 1 unspecified atom stereocenters. The van der Waals surface area contributed by atoms with Crippen LogP contribution in [-0.4, -0.2) is 72.9 Å². The Morgan fingerprint density at radius 2 is 1.89 bits per heavy atom. The molecule has 1 aliphatic heterocycles. The smallest absolute Gasteiger partial charge is 0.256 e. The van der Waals surface area contributed by atoms with Crippen LogP contribution in [0.15, 0.2) is 42.9 Å². The van der Waals surface area contributed by atoms with E-state index in [4.69, 9.17) is 10.5 Å². The van der Waals surface area contributed by atoms with Gasteiger partial charge in [0.15, 0.2) is 29.0 Å². The first-order chi connectivity index (χ1) is 17.9. The van der Waals surface area contributed by atoms with Crippen molar-refractivity contribution >= 4 is 23.5 Å². The molecule has 11 nitrogen and oxygen atoms in total. The second kappa shape index (κ2) is 10.5. The number of nitrogens with one attached hydrogen (secondary N) is 1. The number of ether oxygens (including phenoxy) is 1. The maximum absolute atomic E-state index is 13.8. The Hall–Kier alpha value is -4.39. The van der Waals surface area contributed by atoms with E-state index in [1.807, 2.05) is 18.7 Å². The summed E-state index contributed by atoms with van der Waals surface area (Å²) in [6.07, 6.45) is 3.79. The molecule has 1 aromatic carbocycles. The fourth-order valence-electron chi connectivity index (χ4n) is 4.14. The molecule has 0 aliphatic carbocycles. The molecule has 1 aliphatic rings. The predicted molar refractivity (Wildman–Crippen MR) is 134 cm³/mol. The number of aromatic nitrogens is 3. The zero-order valence-electron chi connectivity index (χ0n) is 21.0. The molecule has 2 amide bonds. The van der Waals surface area contributed by atoms with Crippen LogP contribution >= 0.6 is 0 Å². The number of carbonyl (C=O) groups excluding carboxylic acids is 2. The van der Waals surface area contributed by atoms with Gasteiger partial charge >= 0.3 is 0 Å². The third kappa shape index (κ3) is 5.78. The van der Waals surface area contributed by atoms with Gasteiger partial charge in [-0.25, -0.2) is 23.7 Å². The highest BCUT2D eigenvalue weighted by Gasteiger charge is 2.40. The van der Waals surface area contributed by atoms with Gasteiger partial charge in [0.1, 0.15) is 5.82 Å². The number of piperazine rings is 1. The van der Waals surface area contributed by atoms with Crippen LogP contribution in [0.3, 0.4) is 0 Å².